The Morgan fingerprint density at radius 1 is 1.42 bits per heavy atom. The second-order valence-electron chi connectivity index (χ2n) is 3.66. The average Bonchev–Trinajstić information content (AvgIpc) is 2.31. The summed E-state index contributed by atoms with van der Waals surface area (Å²) in [5.74, 6) is -3.77. The molecule has 0 radical (unpaired) electrons. The molecule has 0 spiro atoms. The molecular weight excluding hydrogens is 279 g/mol. The minimum Gasteiger partial charge on any atom is -0.480 e. The van der Waals surface area contributed by atoms with Crippen molar-refractivity contribution in [2.45, 2.75) is 12.5 Å². The molecule has 0 aromatic heterocycles. The lowest BCUT2D eigenvalue weighted by Gasteiger charge is -2.12. The van der Waals surface area contributed by atoms with Crippen LogP contribution >= 0.6 is 11.6 Å². The van der Waals surface area contributed by atoms with Gasteiger partial charge in [0.15, 0.2) is 0 Å². The fourth-order valence-corrected chi connectivity index (χ4v) is 1.46. The molecule has 1 aromatic rings. The summed E-state index contributed by atoms with van der Waals surface area (Å²) < 4.78 is 12.9. The van der Waals surface area contributed by atoms with Crippen molar-refractivity contribution in [1.29, 1.82) is 0 Å². The summed E-state index contributed by atoms with van der Waals surface area (Å²) in [6.45, 7) is 0. The first-order valence-electron chi connectivity index (χ1n) is 5.08. The summed E-state index contributed by atoms with van der Waals surface area (Å²) >= 11 is 5.50. The molecule has 1 rings (SSSR count). The van der Waals surface area contributed by atoms with E-state index in [1.165, 1.54) is 0 Å². The van der Waals surface area contributed by atoms with Gasteiger partial charge in [-0.2, -0.15) is 0 Å². The Bertz CT molecular complexity index is 535. The van der Waals surface area contributed by atoms with E-state index in [-0.39, 0.29) is 10.6 Å². The Labute approximate surface area is 112 Å². The van der Waals surface area contributed by atoms with Crippen molar-refractivity contribution < 1.29 is 23.9 Å². The second-order valence-corrected chi connectivity index (χ2v) is 4.07. The summed E-state index contributed by atoms with van der Waals surface area (Å²) in [4.78, 5) is 33.2. The molecular formula is C11H10ClFN2O4. The standard InChI is InChI=1S/C11H10ClFN2O4/c12-6-3-5(1-2-7(6)13)10(17)15-8(11(18)19)4-9(14)16/h1-3,8H,4H2,(H2,14,16)(H,15,17)(H,18,19)/t8-/m0/s1. The third-order valence-electron chi connectivity index (χ3n) is 2.19. The fourth-order valence-electron chi connectivity index (χ4n) is 1.28. The van der Waals surface area contributed by atoms with Crippen molar-refractivity contribution in [3.05, 3.63) is 34.6 Å². The molecule has 19 heavy (non-hydrogen) atoms. The maximum Gasteiger partial charge on any atom is 0.326 e. The lowest BCUT2D eigenvalue weighted by Crippen LogP contribution is -2.43. The van der Waals surface area contributed by atoms with Gasteiger partial charge in [0.1, 0.15) is 11.9 Å². The van der Waals surface area contributed by atoms with E-state index in [4.69, 9.17) is 22.4 Å². The Balaban J connectivity index is 2.84. The Morgan fingerprint density at radius 2 is 2.05 bits per heavy atom. The van der Waals surface area contributed by atoms with Gasteiger partial charge in [-0.1, -0.05) is 11.6 Å². The molecule has 0 aliphatic carbocycles. The van der Waals surface area contributed by atoms with Crippen LogP contribution in [0.25, 0.3) is 0 Å². The van der Waals surface area contributed by atoms with E-state index in [1.807, 2.05) is 0 Å². The van der Waals surface area contributed by atoms with Crippen LogP contribution in [0.3, 0.4) is 0 Å². The number of hydrogen-bond donors (Lipinski definition) is 3. The van der Waals surface area contributed by atoms with Crippen LogP contribution in [0.1, 0.15) is 16.8 Å². The first-order valence-corrected chi connectivity index (χ1v) is 5.46. The number of halogens is 2. The van der Waals surface area contributed by atoms with Crippen molar-refractivity contribution in [1.82, 2.24) is 5.32 Å². The molecule has 0 saturated carbocycles. The molecule has 0 unspecified atom stereocenters. The predicted molar refractivity (Wildman–Crippen MR) is 64.1 cm³/mol. The van der Waals surface area contributed by atoms with E-state index < -0.39 is 36.1 Å². The fraction of sp³-hybridized carbons (Fsp3) is 0.182. The van der Waals surface area contributed by atoms with Crippen LogP contribution in [0.2, 0.25) is 5.02 Å². The molecule has 0 aliphatic rings. The minimum absolute atomic E-state index is 0.0258. The number of carboxylic acids is 1. The molecule has 0 heterocycles. The van der Waals surface area contributed by atoms with E-state index in [1.54, 1.807) is 0 Å². The molecule has 1 aromatic carbocycles. The highest BCUT2D eigenvalue weighted by Gasteiger charge is 2.23. The first kappa shape index (κ1) is 14.9. The number of rotatable bonds is 5. The van der Waals surface area contributed by atoms with E-state index in [9.17, 15) is 18.8 Å². The summed E-state index contributed by atoms with van der Waals surface area (Å²) in [6.07, 6.45) is -0.546. The molecule has 4 N–H and O–H groups in total. The highest BCUT2D eigenvalue weighted by molar-refractivity contribution is 6.31. The normalized spacial score (nSPS) is 11.7. The maximum atomic E-state index is 12.9. The van der Waals surface area contributed by atoms with E-state index in [0.717, 1.165) is 18.2 Å². The third kappa shape index (κ3) is 4.22. The number of aliphatic carboxylic acids is 1. The van der Waals surface area contributed by atoms with Gasteiger partial charge in [-0.15, -0.1) is 0 Å². The SMILES string of the molecule is NC(=O)C[C@H](NC(=O)c1ccc(F)c(Cl)c1)C(=O)O. The van der Waals surface area contributed by atoms with Crippen LogP contribution in [0.4, 0.5) is 4.39 Å². The van der Waals surface area contributed by atoms with Gasteiger partial charge in [0.2, 0.25) is 5.91 Å². The summed E-state index contributed by atoms with van der Waals surface area (Å²) in [6, 6.07) is 1.71. The van der Waals surface area contributed by atoms with Crippen LogP contribution in [0.15, 0.2) is 18.2 Å². The van der Waals surface area contributed by atoms with Crippen LogP contribution in [-0.4, -0.2) is 28.9 Å². The van der Waals surface area contributed by atoms with Crippen molar-refractivity contribution in [3.8, 4) is 0 Å². The molecule has 0 fully saturated rings. The molecule has 0 bridgehead atoms. The zero-order chi connectivity index (χ0) is 14.6. The maximum absolute atomic E-state index is 12.9. The van der Waals surface area contributed by atoms with E-state index in [0.29, 0.717) is 0 Å². The number of benzene rings is 1. The summed E-state index contributed by atoms with van der Waals surface area (Å²) in [5.41, 5.74) is 4.84. The van der Waals surface area contributed by atoms with Crippen molar-refractivity contribution >= 4 is 29.4 Å². The highest BCUT2D eigenvalue weighted by Crippen LogP contribution is 2.16. The highest BCUT2D eigenvalue weighted by atomic mass is 35.5. The number of nitrogens with one attached hydrogen (secondary N) is 1. The lowest BCUT2D eigenvalue weighted by molar-refractivity contribution is -0.140. The molecule has 0 aliphatic heterocycles. The number of carbonyl (C=O) groups excluding carboxylic acids is 2. The molecule has 2 amide bonds. The molecule has 6 nitrogen and oxygen atoms in total. The van der Waals surface area contributed by atoms with E-state index in [2.05, 4.69) is 5.32 Å². The largest absolute Gasteiger partial charge is 0.480 e. The predicted octanol–water partition coefficient (Wildman–Crippen LogP) is 0.538. The van der Waals surface area contributed by atoms with Gasteiger partial charge in [0.25, 0.3) is 5.91 Å². The number of hydrogen-bond acceptors (Lipinski definition) is 3. The van der Waals surface area contributed by atoms with Crippen LogP contribution < -0.4 is 11.1 Å². The van der Waals surface area contributed by atoms with Gasteiger partial charge < -0.3 is 16.2 Å². The Kier molecular flexibility index (Phi) is 4.82. The van der Waals surface area contributed by atoms with Gasteiger partial charge in [-0.25, -0.2) is 9.18 Å². The zero-order valence-electron chi connectivity index (χ0n) is 9.52. The Morgan fingerprint density at radius 3 is 2.53 bits per heavy atom. The number of nitrogens with two attached hydrogens (primary N) is 1. The van der Waals surface area contributed by atoms with Crippen LogP contribution in [0.5, 0.6) is 0 Å². The Hall–Kier alpha value is -2.15. The zero-order valence-corrected chi connectivity index (χ0v) is 10.3. The molecule has 102 valence electrons. The third-order valence-corrected chi connectivity index (χ3v) is 2.48. The molecule has 8 heteroatoms. The van der Waals surface area contributed by atoms with Crippen molar-refractivity contribution in [2.75, 3.05) is 0 Å². The smallest absolute Gasteiger partial charge is 0.326 e. The van der Waals surface area contributed by atoms with Gasteiger partial charge >= 0.3 is 5.97 Å². The van der Waals surface area contributed by atoms with Gasteiger partial charge in [0.05, 0.1) is 11.4 Å². The van der Waals surface area contributed by atoms with Gasteiger partial charge in [-0.3, -0.25) is 9.59 Å². The van der Waals surface area contributed by atoms with Gasteiger partial charge in [0, 0.05) is 5.56 Å². The second kappa shape index (κ2) is 6.14. The van der Waals surface area contributed by atoms with Crippen molar-refractivity contribution in [3.63, 3.8) is 0 Å². The molecule has 0 saturated heterocycles. The van der Waals surface area contributed by atoms with E-state index >= 15 is 0 Å². The minimum atomic E-state index is -1.45. The topological polar surface area (TPSA) is 109 Å². The average molecular weight is 289 g/mol. The number of amides is 2. The monoisotopic (exact) mass is 288 g/mol. The van der Waals surface area contributed by atoms with Crippen LogP contribution in [0, 0.1) is 5.82 Å². The van der Waals surface area contributed by atoms with Crippen LogP contribution in [-0.2, 0) is 9.59 Å². The number of carbonyl (C=O) groups is 3. The lowest BCUT2D eigenvalue weighted by atomic mass is 10.1. The molecule has 1 atom stereocenters. The summed E-state index contributed by atoms with van der Waals surface area (Å²) in [7, 11) is 0. The van der Waals surface area contributed by atoms with Gasteiger partial charge in [-0.05, 0) is 18.2 Å². The summed E-state index contributed by atoms with van der Waals surface area (Å²) in [5, 5.41) is 10.6. The number of carboxylic acid groups (broad SMARTS) is 1. The quantitative estimate of drug-likeness (QED) is 0.734. The number of primary amides is 1. The van der Waals surface area contributed by atoms with Crippen molar-refractivity contribution in [2.24, 2.45) is 5.73 Å². The first-order chi connectivity index (χ1) is 8.81.